The Morgan fingerprint density at radius 2 is 2.11 bits per heavy atom. The second kappa shape index (κ2) is 11.0. The van der Waals surface area contributed by atoms with Crippen molar-refractivity contribution >= 4 is 29.9 Å². The first-order chi connectivity index (χ1) is 12.3. The Balaban J connectivity index is 0.00000364. The molecule has 1 aliphatic rings. The SMILES string of the molecule is CCNC(=NCC(C)(C)CO)NC(C)c1ccc(OCC2CC2)c(F)c1.I. The first kappa shape index (κ1) is 23.9. The van der Waals surface area contributed by atoms with Crippen molar-refractivity contribution in [2.24, 2.45) is 16.3 Å². The lowest BCUT2D eigenvalue weighted by Gasteiger charge is -2.22. The van der Waals surface area contributed by atoms with Crippen molar-refractivity contribution in [3.63, 3.8) is 0 Å². The van der Waals surface area contributed by atoms with Crippen molar-refractivity contribution < 1.29 is 14.2 Å². The number of rotatable bonds is 9. The summed E-state index contributed by atoms with van der Waals surface area (Å²) in [6.45, 7) is 9.75. The van der Waals surface area contributed by atoms with Gasteiger partial charge in [0.05, 0.1) is 19.2 Å². The summed E-state index contributed by atoms with van der Waals surface area (Å²) in [6, 6.07) is 4.98. The van der Waals surface area contributed by atoms with Gasteiger partial charge < -0.3 is 20.5 Å². The van der Waals surface area contributed by atoms with Gasteiger partial charge in [-0.3, -0.25) is 4.99 Å². The maximum absolute atomic E-state index is 14.3. The number of hydrogen-bond acceptors (Lipinski definition) is 3. The zero-order chi connectivity index (χ0) is 19.2. The van der Waals surface area contributed by atoms with Gasteiger partial charge in [0, 0.05) is 18.6 Å². The second-order valence-corrected chi connectivity index (χ2v) is 7.83. The summed E-state index contributed by atoms with van der Waals surface area (Å²) in [4.78, 5) is 4.53. The predicted molar refractivity (Wildman–Crippen MR) is 118 cm³/mol. The van der Waals surface area contributed by atoms with Crippen LogP contribution in [0.3, 0.4) is 0 Å². The highest BCUT2D eigenvalue weighted by Gasteiger charge is 2.22. The van der Waals surface area contributed by atoms with E-state index < -0.39 is 0 Å². The zero-order valence-corrected chi connectivity index (χ0v) is 19.0. The normalized spacial score (nSPS) is 15.7. The van der Waals surface area contributed by atoms with Crippen LogP contribution in [-0.4, -0.2) is 37.4 Å². The molecule has 1 aliphatic carbocycles. The van der Waals surface area contributed by atoms with Crippen LogP contribution in [0, 0.1) is 17.2 Å². The topological polar surface area (TPSA) is 65.9 Å². The van der Waals surface area contributed by atoms with Crippen molar-refractivity contribution in [3.05, 3.63) is 29.6 Å². The lowest BCUT2D eigenvalue weighted by molar-refractivity contribution is 0.167. The Morgan fingerprint density at radius 1 is 1.41 bits per heavy atom. The van der Waals surface area contributed by atoms with E-state index in [2.05, 4.69) is 15.6 Å². The number of guanidine groups is 1. The highest BCUT2D eigenvalue weighted by Crippen LogP contribution is 2.30. The van der Waals surface area contributed by atoms with Gasteiger partial charge in [0.25, 0.3) is 0 Å². The van der Waals surface area contributed by atoms with E-state index in [1.165, 1.54) is 18.9 Å². The molecule has 1 atom stereocenters. The number of ether oxygens (including phenoxy) is 1. The first-order valence-electron chi connectivity index (χ1n) is 9.42. The summed E-state index contributed by atoms with van der Waals surface area (Å²) in [5, 5.41) is 15.8. The lowest BCUT2D eigenvalue weighted by Crippen LogP contribution is -2.39. The van der Waals surface area contributed by atoms with Gasteiger partial charge in [-0.25, -0.2) is 4.39 Å². The third kappa shape index (κ3) is 8.21. The van der Waals surface area contributed by atoms with Crippen molar-refractivity contribution in [1.82, 2.24) is 10.6 Å². The van der Waals surface area contributed by atoms with Gasteiger partial charge in [-0.1, -0.05) is 19.9 Å². The van der Waals surface area contributed by atoms with E-state index in [1.54, 1.807) is 6.07 Å². The molecule has 0 bridgehead atoms. The van der Waals surface area contributed by atoms with Gasteiger partial charge in [-0.05, 0) is 50.3 Å². The standard InChI is InChI=1S/C20H32FN3O2.HI/c1-5-22-19(23-12-20(3,4)13-25)24-14(2)16-8-9-18(17(21)10-16)26-11-15-6-7-15;/h8-10,14-15,25H,5-7,11-13H2,1-4H3,(H2,22,23,24);1H. The third-order valence-electron chi connectivity index (χ3n) is 4.42. The zero-order valence-electron chi connectivity index (χ0n) is 16.7. The van der Waals surface area contributed by atoms with Crippen molar-refractivity contribution in [2.75, 3.05) is 26.3 Å². The van der Waals surface area contributed by atoms with Crippen molar-refractivity contribution in [2.45, 2.75) is 46.6 Å². The minimum Gasteiger partial charge on any atom is -0.490 e. The van der Waals surface area contributed by atoms with Gasteiger partial charge in [0.2, 0.25) is 0 Å². The largest absolute Gasteiger partial charge is 0.490 e. The van der Waals surface area contributed by atoms with E-state index in [4.69, 9.17) is 4.74 Å². The van der Waals surface area contributed by atoms with Crippen LogP contribution in [0.15, 0.2) is 23.2 Å². The molecule has 1 saturated carbocycles. The maximum atomic E-state index is 14.3. The number of nitrogens with one attached hydrogen (secondary N) is 2. The summed E-state index contributed by atoms with van der Waals surface area (Å²) < 4.78 is 19.8. The van der Waals surface area contributed by atoms with Crippen molar-refractivity contribution in [1.29, 1.82) is 0 Å². The molecule has 154 valence electrons. The van der Waals surface area contributed by atoms with Crippen LogP contribution in [0.5, 0.6) is 5.75 Å². The Labute approximate surface area is 179 Å². The van der Waals surface area contributed by atoms with E-state index in [0.29, 0.717) is 30.8 Å². The van der Waals surface area contributed by atoms with Crippen LogP contribution < -0.4 is 15.4 Å². The van der Waals surface area contributed by atoms with E-state index >= 15 is 0 Å². The van der Waals surface area contributed by atoms with Gasteiger partial charge >= 0.3 is 0 Å². The third-order valence-corrected chi connectivity index (χ3v) is 4.42. The number of nitrogens with zero attached hydrogens (tertiary/aromatic N) is 1. The Morgan fingerprint density at radius 3 is 2.67 bits per heavy atom. The first-order valence-corrected chi connectivity index (χ1v) is 9.42. The predicted octanol–water partition coefficient (Wildman–Crippen LogP) is 3.87. The van der Waals surface area contributed by atoms with Crippen LogP contribution >= 0.6 is 24.0 Å². The van der Waals surface area contributed by atoms with Crippen LogP contribution in [0.4, 0.5) is 4.39 Å². The van der Waals surface area contributed by atoms with Gasteiger partial charge in [0.1, 0.15) is 0 Å². The van der Waals surface area contributed by atoms with Gasteiger partial charge in [-0.15, -0.1) is 24.0 Å². The summed E-state index contributed by atoms with van der Waals surface area (Å²) in [6.07, 6.45) is 2.36. The molecule has 2 rings (SSSR count). The number of benzene rings is 1. The average molecular weight is 493 g/mol. The molecule has 1 fully saturated rings. The Bertz CT molecular complexity index is 621. The molecule has 3 N–H and O–H groups in total. The van der Waals surface area contributed by atoms with Crippen molar-refractivity contribution in [3.8, 4) is 5.75 Å². The molecular weight excluding hydrogens is 460 g/mol. The molecule has 0 radical (unpaired) electrons. The van der Waals surface area contributed by atoms with Crippen LogP contribution in [0.25, 0.3) is 0 Å². The molecular formula is C20H33FIN3O2. The fourth-order valence-corrected chi connectivity index (χ4v) is 2.35. The van der Waals surface area contributed by atoms with Crippen LogP contribution in [0.2, 0.25) is 0 Å². The van der Waals surface area contributed by atoms with E-state index in [9.17, 15) is 9.50 Å². The van der Waals surface area contributed by atoms with Crippen LogP contribution in [-0.2, 0) is 0 Å². The summed E-state index contributed by atoms with van der Waals surface area (Å²) >= 11 is 0. The maximum Gasteiger partial charge on any atom is 0.191 e. The number of aliphatic hydroxyl groups is 1. The minimum absolute atomic E-state index is 0. The monoisotopic (exact) mass is 493 g/mol. The summed E-state index contributed by atoms with van der Waals surface area (Å²) in [5.74, 6) is 1.23. The molecule has 1 unspecified atom stereocenters. The number of aliphatic hydroxyl groups excluding tert-OH is 1. The molecule has 0 aliphatic heterocycles. The number of aliphatic imine (C=N–C) groups is 1. The lowest BCUT2D eigenvalue weighted by atomic mass is 9.95. The highest BCUT2D eigenvalue weighted by molar-refractivity contribution is 14.0. The molecule has 1 aromatic rings. The highest BCUT2D eigenvalue weighted by atomic mass is 127. The fourth-order valence-electron chi connectivity index (χ4n) is 2.35. The number of hydrogen-bond donors (Lipinski definition) is 3. The van der Waals surface area contributed by atoms with Gasteiger partial charge in [0.15, 0.2) is 17.5 Å². The Hall–Kier alpha value is -1.09. The molecule has 1 aromatic carbocycles. The van der Waals surface area contributed by atoms with Crippen LogP contribution in [0.1, 0.15) is 52.1 Å². The number of halogens is 2. The van der Waals surface area contributed by atoms with E-state index in [1.807, 2.05) is 33.8 Å². The van der Waals surface area contributed by atoms with Gasteiger partial charge in [-0.2, -0.15) is 0 Å². The molecule has 0 saturated heterocycles. The molecule has 5 nitrogen and oxygen atoms in total. The summed E-state index contributed by atoms with van der Waals surface area (Å²) in [7, 11) is 0. The van der Waals surface area contributed by atoms with E-state index in [-0.39, 0.29) is 47.9 Å². The fraction of sp³-hybridized carbons (Fsp3) is 0.650. The molecule has 7 heteroatoms. The minimum atomic E-state index is -0.333. The van der Waals surface area contributed by atoms with E-state index in [0.717, 1.165) is 12.1 Å². The smallest absolute Gasteiger partial charge is 0.191 e. The summed E-state index contributed by atoms with van der Waals surface area (Å²) in [5.41, 5.74) is 0.548. The molecule has 0 heterocycles. The molecule has 0 spiro atoms. The molecule has 27 heavy (non-hydrogen) atoms. The second-order valence-electron chi connectivity index (χ2n) is 7.83. The quantitative estimate of drug-likeness (QED) is 0.278. The molecule has 0 aromatic heterocycles. The Kier molecular flexibility index (Phi) is 9.80. The molecule has 0 amide bonds. The average Bonchev–Trinajstić information content (AvgIpc) is 3.43.